The number of hydrogen-bond acceptors (Lipinski definition) is 4. The van der Waals surface area contributed by atoms with Crippen LogP contribution in [0.5, 0.6) is 5.75 Å². The third-order valence-corrected chi connectivity index (χ3v) is 4.23. The number of H-pyrrole nitrogens is 1. The maximum absolute atomic E-state index is 12.4. The van der Waals surface area contributed by atoms with E-state index in [9.17, 15) is 4.79 Å². The topological polar surface area (TPSA) is 55.0 Å². The van der Waals surface area contributed by atoms with Crippen molar-refractivity contribution in [2.45, 2.75) is 19.8 Å². The second-order valence-electron chi connectivity index (χ2n) is 4.82. The van der Waals surface area contributed by atoms with Crippen LogP contribution in [0.2, 0.25) is 0 Å². The molecule has 2 heterocycles. The summed E-state index contributed by atoms with van der Waals surface area (Å²) >= 11 is 1.50. The number of fused-ring (bicyclic) bond motifs is 1. The molecule has 0 atom stereocenters. The minimum absolute atomic E-state index is 0.0671. The Hall–Kier alpha value is -2.14. The highest BCUT2D eigenvalue weighted by Crippen LogP contribution is 2.32. The van der Waals surface area contributed by atoms with Gasteiger partial charge in [0.05, 0.1) is 12.5 Å². The predicted octanol–water partition coefficient (Wildman–Crippen LogP) is 3.61. The number of ether oxygens (including phenoxy) is 1. The number of hydrogen-bond donors (Lipinski definition) is 1. The zero-order chi connectivity index (χ0) is 14.8. The van der Waals surface area contributed by atoms with Gasteiger partial charge in [0.2, 0.25) is 0 Å². The number of aromatic nitrogens is 2. The van der Waals surface area contributed by atoms with E-state index in [4.69, 9.17) is 4.74 Å². The fourth-order valence-corrected chi connectivity index (χ4v) is 3.32. The molecule has 0 saturated carbocycles. The Morgan fingerprint density at radius 1 is 1.38 bits per heavy atom. The first kappa shape index (κ1) is 13.8. The zero-order valence-electron chi connectivity index (χ0n) is 12.0. The van der Waals surface area contributed by atoms with E-state index in [-0.39, 0.29) is 5.56 Å². The van der Waals surface area contributed by atoms with Crippen LogP contribution < -0.4 is 10.3 Å². The van der Waals surface area contributed by atoms with Crippen molar-refractivity contribution in [2.75, 3.05) is 7.11 Å². The van der Waals surface area contributed by atoms with Crippen molar-refractivity contribution in [1.29, 1.82) is 0 Å². The summed E-state index contributed by atoms with van der Waals surface area (Å²) in [6.07, 6.45) is 1.75. The van der Waals surface area contributed by atoms with Crippen molar-refractivity contribution >= 4 is 21.6 Å². The van der Waals surface area contributed by atoms with Crippen LogP contribution >= 0.6 is 11.3 Å². The van der Waals surface area contributed by atoms with Crippen LogP contribution in [-0.4, -0.2) is 17.1 Å². The van der Waals surface area contributed by atoms with Gasteiger partial charge in [0.25, 0.3) is 5.56 Å². The van der Waals surface area contributed by atoms with E-state index in [1.54, 1.807) is 7.11 Å². The number of nitrogens with zero attached hydrogens (tertiary/aromatic N) is 1. The predicted molar refractivity (Wildman–Crippen MR) is 86.2 cm³/mol. The SMILES string of the molecule is CCCc1nc2scc(-c3cccc(OC)c3)c2c(=O)[nH]1. The molecule has 0 aliphatic heterocycles. The van der Waals surface area contributed by atoms with Gasteiger partial charge in [0.15, 0.2) is 0 Å². The molecule has 0 amide bonds. The Morgan fingerprint density at radius 2 is 2.24 bits per heavy atom. The second kappa shape index (κ2) is 5.69. The third-order valence-electron chi connectivity index (χ3n) is 3.36. The number of thiophene rings is 1. The van der Waals surface area contributed by atoms with Crippen LogP contribution in [0.15, 0.2) is 34.4 Å². The van der Waals surface area contributed by atoms with E-state index in [0.717, 1.165) is 40.4 Å². The number of aromatic amines is 1. The lowest BCUT2D eigenvalue weighted by atomic mass is 10.1. The van der Waals surface area contributed by atoms with Gasteiger partial charge in [-0.25, -0.2) is 4.98 Å². The summed E-state index contributed by atoms with van der Waals surface area (Å²) < 4.78 is 5.25. The summed E-state index contributed by atoms with van der Waals surface area (Å²) in [6, 6.07) is 7.72. The van der Waals surface area contributed by atoms with Gasteiger partial charge in [0, 0.05) is 17.4 Å². The molecule has 0 saturated heterocycles. The fraction of sp³-hybridized carbons (Fsp3) is 0.250. The molecule has 3 aromatic rings. The highest BCUT2D eigenvalue weighted by molar-refractivity contribution is 7.17. The maximum atomic E-state index is 12.4. The van der Waals surface area contributed by atoms with Crippen LogP contribution in [-0.2, 0) is 6.42 Å². The van der Waals surface area contributed by atoms with E-state index in [1.807, 2.05) is 29.6 Å². The summed E-state index contributed by atoms with van der Waals surface area (Å²) in [5, 5.41) is 2.64. The van der Waals surface area contributed by atoms with Crippen LogP contribution in [0, 0.1) is 0 Å². The van der Waals surface area contributed by atoms with E-state index in [1.165, 1.54) is 11.3 Å². The molecule has 0 aliphatic rings. The molecule has 1 aromatic carbocycles. The van der Waals surface area contributed by atoms with E-state index in [0.29, 0.717) is 5.39 Å². The molecular formula is C16H16N2O2S. The Bertz CT molecular complexity index is 836. The molecule has 0 spiro atoms. The minimum Gasteiger partial charge on any atom is -0.497 e. The van der Waals surface area contributed by atoms with Crippen molar-refractivity contribution in [3.63, 3.8) is 0 Å². The maximum Gasteiger partial charge on any atom is 0.260 e. The Kier molecular flexibility index (Phi) is 3.75. The Balaban J connectivity index is 2.18. The van der Waals surface area contributed by atoms with E-state index < -0.39 is 0 Å². The first-order chi connectivity index (χ1) is 10.2. The summed E-state index contributed by atoms with van der Waals surface area (Å²) in [5.41, 5.74) is 1.81. The van der Waals surface area contributed by atoms with Gasteiger partial charge in [-0.3, -0.25) is 4.79 Å². The molecule has 0 bridgehead atoms. The first-order valence-electron chi connectivity index (χ1n) is 6.87. The third kappa shape index (κ3) is 2.56. The van der Waals surface area contributed by atoms with Crippen LogP contribution in [0.3, 0.4) is 0 Å². The highest BCUT2D eigenvalue weighted by atomic mass is 32.1. The average molecular weight is 300 g/mol. The number of aryl methyl sites for hydroxylation is 1. The largest absolute Gasteiger partial charge is 0.497 e. The summed E-state index contributed by atoms with van der Waals surface area (Å²) in [5.74, 6) is 1.54. The highest BCUT2D eigenvalue weighted by Gasteiger charge is 2.13. The lowest BCUT2D eigenvalue weighted by Gasteiger charge is -2.04. The molecule has 21 heavy (non-hydrogen) atoms. The summed E-state index contributed by atoms with van der Waals surface area (Å²) in [4.78, 5) is 20.6. The van der Waals surface area contributed by atoms with E-state index in [2.05, 4.69) is 16.9 Å². The molecule has 1 N–H and O–H groups in total. The minimum atomic E-state index is -0.0671. The van der Waals surface area contributed by atoms with Crippen LogP contribution in [0.1, 0.15) is 19.2 Å². The van der Waals surface area contributed by atoms with Crippen molar-refractivity contribution in [2.24, 2.45) is 0 Å². The molecule has 108 valence electrons. The number of benzene rings is 1. The normalized spacial score (nSPS) is 11.0. The first-order valence-corrected chi connectivity index (χ1v) is 7.75. The molecule has 5 heteroatoms. The van der Waals surface area contributed by atoms with Gasteiger partial charge in [-0.15, -0.1) is 11.3 Å². The molecule has 2 aromatic heterocycles. The molecular weight excluding hydrogens is 284 g/mol. The van der Waals surface area contributed by atoms with Crippen molar-refractivity contribution in [3.05, 3.63) is 45.8 Å². The van der Waals surface area contributed by atoms with E-state index >= 15 is 0 Å². The number of rotatable bonds is 4. The molecule has 4 nitrogen and oxygen atoms in total. The fourth-order valence-electron chi connectivity index (χ4n) is 2.35. The lowest BCUT2D eigenvalue weighted by Crippen LogP contribution is -2.11. The van der Waals surface area contributed by atoms with Gasteiger partial charge in [-0.05, 0) is 24.1 Å². The molecule has 0 radical (unpaired) electrons. The Labute approximate surface area is 126 Å². The zero-order valence-corrected chi connectivity index (χ0v) is 12.8. The molecule has 0 fully saturated rings. The van der Waals surface area contributed by atoms with Crippen molar-refractivity contribution in [3.8, 4) is 16.9 Å². The van der Waals surface area contributed by atoms with Gasteiger partial charge < -0.3 is 9.72 Å². The average Bonchev–Trinajstić information content (AvgIpc) is 2.92. The summed E-state index contributed by atoms with van der Waals surface area (Å²) in [6.45, 7) is 2.07. The van der Waals surface area contributed by atoms with Crippen molar-refractivity contribution < 1.29 is 4.74 Å². The monoisotopic (exact) mass is 300 g/mol. The number of nitrogens with one attached hydrogen (secondary N) is 1. The molecule has 0 aliphatic carbocycles. The summed E-state index contributed by atoms with van der Waals surface area (Å²) in [7, 11) is 1.64. The van der Waals surface area contributed by atoms with Crippen LogP contribution in [0.4, 0.5) is 0 Å². The van der Waals surface area contributed by atoms with Gasteiger partial charge in [-0.2, -0.15) is 0 Å². The van der Waals surface area contributed by atoms with Gasteiger partial charge in [0.1, 0.15) is 16.4 Å². The quantitative estimate of drug-likeness (QED) is 0.800. The van der Waals surface area contributed by atoms with Gasteiger partial charge in [-0.1, -0.05) is 19.1 Å². The Morgan fingerprint density at radius 3 is 3.00 bits per heavy atom. The molecule has 3 rings (SSSR count). The lowest BCUT2D eigenvalue weighted by molar-refractivity contribution is 0.415. The van der Waals surface area contributed by atoms with Crippen LogP contribution in [0.25, 0.3) is 21.3 Å². The van der Waals surface area contributed by atoms with Crippen molar-refractivity contribution in [1.82, 2.24) is 9.97 Å². The molecule has 0 unspecified atom stereocenters. The van der Waals surface area contributed by atoms with Gasteiger partial charge >= 0.3 is 0 Å². The number of methoxy groups -OCH3 is 1. The standard InChI is InChI=1S/C16H16N2O2S/c1-3-5-13-17-15(19)14-12(9-21-16(14)18-13)10-6-4-7-11(8-10)20-2/h4,6-9H,3,5H2,1-2H3,(H,17,18,19). The second-order valence-corrected chi connectivity index (χ2v) is 5.68. The smallest absolute Gasteiger partial charge is 0.260 e.